The SMILES string of the molecule is CC.CC.CSc1nccc(-c2c(-c3ccccc3)nn3ccccc23)n1. The van der Waals surface area contributed by atoms with Gasteiger partial charge in [0.05, 0.1) is 16.8 Å². The molecule has 0 amide bonds. The second-order valence-corrected chi connectivity index (χ2v) is 5.82. The maximum Gasteiger partial charge on any atom is 0.187 e. The van der Waals surface area contributed by atoms with E-state index in [0.29, 0.717) is 0 Å². The van der Waals surface area contributed by atoms with E-state index in [1.54, 1.807) is 6.20 Å². The first-order valence-electron chi connectivity index (χ1n) is 9.27. The van der Waals surface area contributed by atoms with Gasteiger partial charge in [0, 0.05) is 18.0 Å². The van der Waals surface area contributed by atoms with Gasteiger partial charge in [0.1, 0.15) is 5.69 Å². The van der Waals surface area contributed by atoms with Crippen molar-refractivity contribution in [2.24, 2.45) is 0 Å². The first kappa shape index (κ1) is 20.6. The average Bonchev–Trinajstić information content (AvgIpc) is 3.17. The molecule has 0 bridgehead atoms. The minimum absolute atomic E-state index is 0.761. The molecule has 0 spiro atoms. The first-order valence-corrected chi connectivity index (χ1v) is 10.5. The topological polar surface area (TPSA) is 43.1 Å². The zero-order valence-corrected chi connectivity index (χ0v) is 17.4. The third-order valence-electron chi connectivity index (χ3n) is 3.66. The van der Waals surface area contributed by atoms with E-state index in [-0.39, 0.29) is 0 Å². The summed E-state index contributed by atoms with van der Waals surface area (Å²) in [5.41, 5.74) is 4.98. The zero-order valence-electron chi connectivity index (χ0n) is 16.5. The molecule has 4 aromatic rings. The Kier molecular flexibility index (Phi) is 8.01. The maximum atomic E-state index is 4.76. The summed E-state index contributed by atoms with van der Waals surface area (Å²) in [5, 5.41) is 5.53. The van der Waals surface area contributed by atoms with Gasteiger partial charge >= 0.3 is 0 Å². The Morgan fingerprint density at radius 1 is 0.852 bits per heavy atom. The molecule has 3 heterocycles. The van der Waals surface area contributed by atoms with Crippen molar-refractivity contribution >= 4 is 17.3 Å². The van der Waals surface area contributed by atoms with Gasteiger partial charge in [-0.15, -0.1) is 0 Å². The molecular weight excluding hydrogens is 352 g/mol. The van der Waals surface area contributed by atoms with Gasteiger partial charge in [-0.3, -0.25) is 0 Å². The lowest BCUT2D eigenvalue weighted by atomic mass is 10.0. The molecule has 4 nitrogen and oxygen atoms in total. The van der Waals surface area contributed by atoms with E-state index in [4.69, 9.17) is 5.10 Å². The fraction of sp³-hybridized carbons (Fsp3) is 0.227. The van der Waals surface area contributed by atoms with Crippen LogP contribution in [0.3, 0.4) is 0 Å². The zero-order chi connectivity index (χ0) is 19.6. The predicted molar refractivity (Wildman–Crippen MR) is 116 cm³/mol. The number of aromatic nitrogens is 4. The highest BCUT2D eigenvalue weighted by Gasteiger charge is 2.17. The van der Waals surface area contributed by atoms with Gasteiger partial charge in [0.15, 0.2) is 5.16 Å². The second kappa shape index (κ2) is 10.5. The van der Waals surface area contributed by atoms with Crippen molar-refractivity contribution in [1.29, 1.82) is 0 Å². The molecular formula is C22H26N4S. The minimum atomic E-state index is 0.761. The van der Waals surface area contributed by atoms with E-state index in [9.17, 15) is 0 Å². The number of pyridine rings is 1. The average molecular weight is 379 g/mol. The molecule has 0 unspecified atom stereocenters. The smallest absolute Gasteiger partial charge is 0.187 e. The fourth-order valence-electron chi connectivity index (χ4n) is 2.63. The Bertz CT molecular complexity index is 964. The van der Waals surface area contributed by atoms with Crippen LogP contribution in [0.2, 0.25) is 0 Å². The van der Waals surface area contributed by atoms with Gasteiger partial charge in [0.25, 0.3) is 0 Å². The van der Waals surface area contributed by atoms with Crippen molar-refractivity contribution in [2.75, 3.05) is 6.26 Å². The Balaban J connectivity index is 0.000000614. The monoisotopic (exact) mass is 378 g/mol. The molecule has 0 radical (unpaired) electrons. The molecule has 1 aromatic carbocycles. The summed E-state index contributed by atoms with van der Waals surface area (Å²) >= 11 is 1.54. The van der Waals surface area contributed by atoms with Crippen LogP contribution in [0.4, 0.5) is 0 Å². The predicted octanol–water partition coefficient (Wildman–Crippen LogP) is 6.23. The number of hydrogen-bond donors (Lipinski definition) is 0. The molecule has 0 aliphatic heterocycles. The molecule has 4 rings (SSSR count). The van der Waals surface area contributed by atoms with Crippen LogP contribution in [-0.4, -0.2) is 25.8 Å². The van der Waals surface area contributed by atoms with Crippen molar-refractivity contribution in [1.82, 2.24) is 19.6 Å². The number of rotatable bonds is 3. The minimum Gasteiger partial charge on any atom is -0.240 e. The van der Waals surface area contributed by atoms with Crippen LogP contribution in [0.1, 0.15) is 27.7 Å². The Morgan fingerprint density at radius 2 is 1.56 bits per heavy atom. The third kappa shape index (κ3) is 4.55. The Hall–Kier alpha value is -2.66. The lowest BCUT2D eigenvalue weighted by molar-refractivity contribution is 0.966. The lowest BCUT2D eigenvalue weighted by Crippen LogP contribution is -1.90. The van der Waals surface area contributed by atoms with E-state index < -0.39 is 0 Å². The maximum absolute atomic E-state index is 4.76. The van der Waals surface area contributed by atoms with Gasteiger partial charge in [-0.2, -0.15) is 5.10 Å². The van der Waals surface area contributed by atoms with Crippen molar-refractivity contribution < 1.29 is 0 Å². The number of hydrogen-bond acceptors (Lipinski definition) is 4. The van der Waals surface area contributed by atoms with Crippen molar-refractivity contribution in [3.8, 4) is 22.5 Å². The second-order valence-electron chi connectivity index (χ2n) is 5.05. The molecule has 0 aliphatic carbocycles. The molecule has 0 atom stereocenters. The summed E-state index contributed by atoms with van der Waals surface area (Å²) in [7, 11) is 0. The van der Waals surface area contributed by atoms with Gasteiger partial charge in [-0.05, 0) is 24.5 Å². The van der Waals surface area contributed by atoms with E-state index >= 15 is 0 Å². The summed E-state index contributed by atoms with van der Waals surface area (Å²) in [6.07, 6.45) is 5.74. The van der Waals surface area contributed by atoms with Crippen LogP contribution >= 0.6 is 11.8 Å². The van der Waals surface area contributed by atoms with Crippen LogP contribution in [0.5, 0.6) is 0 Å². The summed E-state index contributed by atoms with van der Waals surface area (Å²) in [6, 6.07) is 18.2. The fourth-order valence-corrected chi connectivity index (χ4v) is 2.98. The van der Waals surface area contributed by atoms with Gasteiger partial charge < -0.3 is 0 Å². The molecule has 0 N–H and O–H groups in total. The normalized spacial score (nSPS) is 9.81. The van der Waals surface area contributed by atoms with Crippen LogP contribution < -0.4 is 0 Å². The van der Waals surface area contributed by atoms with Crippen molar-refractivity contribution in [2.45, 2.75) is 32.9 Å². The summed E-state index contributed by atoms with van der Waals surface area (Å²) in [4.78, 5) is 8.94. The van der Waals surface area contributed by atoms with Gasteiger partial charge in [-0.25, -0.2) is 14.5 Å². The van der Waals surface area contributed by atoms with Gasteiger partial charge in [0.2, 0.25) is 0 Å². The summed E-state index contributed by atoms with van der Waals surface area (Å²) in [5.74, 6) is 0. The highest BCUT2D eigenvalue weighted by atomic mass is 32.2. The number of benzene rings is 1. The molecule has 0 saturated heterocycles. The highest BCUT2D eigenvalue weighted by Crippen LogP contribution is 2.34. The lowest BCUT2D eigenvalue weighted by Gasteiger charge is -2.04. The van der Waals surface area contributed by atoms with Crippen LogP contribution in [0, 0.1) is 0 Å². The first-order chi connectivity index (χ1) is 13.4. The Morgan fingerprint density at radius 3 is 2.26 bits per heavy atom. The van der Waals surface area contributed by atoms with E-state index in [1.807, 2.05) is 81.1 Å². The van der Waals surface area contributed by atoms with E-state index in [1.165, 1.54) is 11.8 Å². The quantitative estimate of drug-likeness (QED) is 0.313. The molecule has 140 valence electrons. The van der Waals surface area contributed by atoms with Gasteiger partial charge in [-0.1, -0.05) is 75.9 Å². The molecule has 0 aliphatic rings. The molecule has 27 heavy (non-hydrogen) atoms. The van der Waals surface area contributed by atoms with Crippen molar-refractivity contribution in [3.63, 3.8) is 0 Å². The van der Waals surface area contributed by atoms with Crippen molar-refractivity contribution in [3.05, 3.63) is 67.0 Å². The number of nitrogens with zero attached hydrogens (tertiary/aromatic N) is 4. The van der Waals surface area contributed by atoms with E-state index in [0.717, 1.165) is 33.2 Å². The Labute approximate surface area is 165 Å². The summed E-state index contributed by atoms with van der Waals surface area (Å²) < 4.78 is 1.90. The largest absolute Gasteiger partial charge is 0.240 e. The van der Waals surface area contributed by atoms with Crippen LogP contribution in [-0.2, 0) is 0 Å². The molecule has 5 heteroatoms. The molecule has 0 fully saturated rings. The van der Waals surface area contributed by atoms with E-state index in [2.05, 4.69) is 28.2 Å². The molecule has 3 aromatic heterocycles. The standard InChI is InChI=1S/C18H14N4S.2C2H6/c1-23-18-19-11-10-14(20-18)16-15-9-5-6-12-22(15)21-17(16)13-7-3-2-4-8-13;2*1-2/h2-12H,1H3;2*1-2H3. The molecule has 0 saturated carbocycles. The third-order valence-corrected chi connectivity index (χ3v) is 4.22. The summed E-state index contributed by atoms with van der Waals surface area (Å²) in [6.45, 7) is 8.00. The van der Waals surface area contributed by atoms with Crippen LogP contribution in [0.25, 0.3) is 28.0 Å². The number of fused-ring (bicyclic) bond motifs is 1. The highest BCUT2D eigenvalue weighted by molar-refractivity contribution is 7.98. The van der Waals surface area contributed by atoms with Crippen LogP contribution in [0.15, 0.2) is 72.1 Å². The number of thioether (sulfide) groups is 1.